The fourth-order valence-electron chi connectivity index (χ4n) is 10.8. The maximum absolute atomic E-state index is 2.58. The van der Waals surface area contributed by atoms with Crippen molar-refractivity contribution in [2.45, 2.75) is 30.6 Å². The first-order chi connectivity index (χ1) is 28.7. The van der Waals surface area contributed by atoms with Crippen LogP contribution in [0, 0.1) is 0 Å². The van der Waals surface area contributed by atoms with Gasteiger partial charge >= 0.3 is 0 Å². The Morgan fingerprint density at radius 3 is 1.83 bits per heavy atom. The van der Waals surface area contributed by atoms with E-state index in [0.29, 0.717) is 5.92 Å². The van der Waals surface area contributed by atoms with Crippen LogP contribution in [-0.4, -0.2) is 4.57 Å². The van der Waals surface area contributed by atoms with Gasteiger partial charge in [0.25, 0.3) is 0 Å². The van der Waals surface area contributed by atoms with Gasteiger partial charge in [0.05, 0.1) is 5.69 Å². The van der Waals surface area contributed by atoms with Crippen LogP contribution in [0.5, 0.6) is 0 Å². The minimum absolute atomic E-state index is 0.0844. The summed E-state index contributed by atoms with van der Waals surface area (Å²) in [6.07, 6.45) is 12.1. The first kappa shape index (κ1) is 33.2. The lowest BCUT2D eigenvalue weighted by molar-refractivity contribution is 0.564. The highest BCUT2D eigenvalue weighted by Crippen LogP contribution is 2.56. The third-order valence-corrected chi connectivity index (χ3v) is 13.3. The molecular formula is C57H41N. The van der Waals surface area contributed by atoms with Crippen LogP contribution in [0.2, 0.25) is 0 Å². The number of fused-ring (bicyclic) bond motifs is 8. The largest absolute Gasteiger partial charge is 0.313 e. The lowest BCUT2D eigenvalue weighted by Crippen LogP contribution is -2.25. The second-order valence-corrected chi connectivity index (χ2v) is 16.4. The topological polar surface area (TPSA) is 4.93 Å². The van der Waals surface area contributed by atoms with Gasteiger partial charge in [0.15, 0.2) is 0 Å². The first-order valence-electron chi connectivity index (χ1n) is 20.7. The maximum Gasteiger partial charge on any atom is 0.0531 e. The van der Waals surface area contributed by atoms with Crippen molar-refractivity contribution in [1.82, 2.24) is 4.57 Å². The molecule has 1 aromatic heterocycles. The predicted octanol–water partition coefficient (Wildman–Crippen LogP) is 14.4. The second-order valence-electron chi connectivity index (χ2n) is 16.4. The van der Waals surface area contributed by atoms with Crippen molar-refractivity contribution in [1.29, 1.82) is 0 Å². The molecule has 3 aliphatic rings. The van der Waals surface area contributed by atoms with Crippen molar-refractivity contribution < 1.29 is 0 Å². The molecule has 0 saturated heterocycles. The number of allylic oxidation sites excluding steroid dienone is 4. The second kappa shape index (κ2) is 13.0. The molecule has 0 bridgehead atoms. The number of benzene rings is 8. The highest BCUT2D eigenvalue weighted by atomic mass is 15.0. The van der Waals surface area contributed by atoms with Crippen molar-refractivity contribution >= 4 is 21.5 Å². The highest BCUT2D eigenvalue weighted by molar-refractivity contribution is 6.22. The zero-order valence-electron chi connectivity index (χ0n) is 32.3. The summed E-state index contributed by atoms with van der Waals surface area (Å²) in [5.41, 5.74) is 18.6. The Morgan fingerprint density at radius 2 is 1.09 bits per heavy atom. The molecule has 1 unspecified atom stereocenters. The minimum Gasteiger partial charge on any atom is -0.313 e. The van der Waals surface area contributed by atoms with Crippen LogP contribution in [0.1, 0.15) is 40.3 Å². The van der Waals surface area contributed by atoms with E-state index in [1.807, 2.05) is 0 Å². The van der Waals surface area contributed by atoms with E-state index in [2.05, 4.69) is 211 Å². The van der Waals surface area contributed by atoms with Gasteiger partial charge in [-0.1, -0.05) is 176 Å². The Kier molecular flexibility index (Phi) is 7.47. The van der Waals surface area contributed by atoms with Crippen molar-refractivity contribution in [3.63, 3.8) is 0 Å². The number of aromatic nitrogens is 1. The number of hydrogen-bond donors (Lipinski definition) is 0. The molecule has 0 amide bonds. The third kappa shape index (κ3) is 4.96. The molecule has 58 heavy (non-hydrogen) atoms. The van der Waals surface area contributed by atoms with Gasteiger partial charge in [0.1, 0.15) is 0 Å². The van der Waals surface area contributed by atoms with E-state index in [9.17, 15) is 0 Å². The fourth-order valence-corrected chi connectivity index (χ4v) is 10.8. The summed E-state index contributed by atoms with van der Waals surface area (Å²) in [6, 6.07) is 68.6. The predicted molar refractivity (Wildman–Crippen MR) is 243 cm³/mol. The van der Waals surface area contributed by atoms with E-state index in [1.54, 1.807) is 0 Å². The van der Waals surface area contributed by atoms with Crippen LogP contribution in [0.15, 0.2) is 206 Å². The number of nitrogens with zero attached hydrogens (tertiary/aromatic N) is 1. The summed E-state index contributed by atoms with van der Waals surface area (Å²) in [6.45, 7) is 0. The molecule has 12 rings (SSSR count). The van der Waals surface area contributed by atoms with Gasteiger partial charge in [-0.15, -0.1) is 0 Å². The molecule has 274 valence electrons. The molecule has 0 aliphatic heterocycles. The van der Waals surface area contributed by atoms with Gasteiger partial charge in [0, 0.05) is 22.7 Å². The van der Waals surface area contributed by atoms with Gasteiger partial charge in [-0.2, -0.15) is 0 Å². The monoisotopic (exact) mass is 739 g/mol. The highest BCUT2D eigenvalue weighted by Gasteiger charge is 2.47. The number of hydrogen-bond acceptors (Lipinski definition) is 0. The van der Waals surface area contributed by atoms with Crippen molar-refractivity contribution in [2.24, 2.45) is 0 Å². The Balaban J connectivity index is 1.15. The van der Waals surface area contributed by atoms with Gasteiger partial charge in [-0.25, -0.2) is 0 Å². The van der Waals surface area contributed by atoms with E-state index in [1.165, 1.54) is 99.8 Å². The van der Waals surface area contributed by atoms with E-state index in [-0.39, 0.29) is 5.41 Å². The Labute approximate surface area is 339 Å². The van der Waals surface area contributed by atoms with E-state index < -0.39 is 0 Å². The minimum atomic E-state index is -0.0844. The molecule has 8 aromatic carbocycles. The van der Waals surface area contributed by atoms with Crippen molar-refractivity contribution in [2.75, 3.05) is 0 Å². The molecular weight excluding hydrogens is 699 g/mol. The Hall–Kier alpha value is -6.96. The molecule has 0 saturated carbocycles. The lowest BCUT2D eigenvalue weighted by Gasteiger charge is -2.27. The van der Waals surface area contributed by atoms with Gasteiger partial charge in [-0.3, -0.25) is 0 Å². The summed E-state index contributed by atoms with van der Waals surface area (Å²) in [4.78, 5) is 0. The first-order valence-corrected chi connectivity index (χ1v) is 20.7. The molecule has 1 heterocycles. The smallest absolute Gasteiger partial charge is 0.0531 e. The standard InChI is InChI=1S/C57H41N/c1-4-16-38(17-5-1)53-32-33-54(39-18-6-2-7-19-39)58(53)44-29-31-49-50(35-44)56(48-26-13-12-25-47(48)55(49)40-20-8-3-9-21-40)41-28-30-46-45-24-14-15-27-51(45)57(52(46)34-41)36-42-22-10-11-23-43(42)37-57/h1-18,20-35,39H,19,36-37H2. The van der Waals surface area contributed by atoms with Crippen molar-refractivity contribution in [3.8, 4) is 50.3 Å². The third-order valence-electron chi connectivity index (χ3n) is 13.3. The van der Waals surface area contributed by atoms with Gasteiger partial charge < -0.3 is 4.57 Å². The molecule has 1 atom stereocenters. The van der Waals surface area contributed by atoms with Crippen molar-refractivity contribution in [3.05, 3.63) is 234 Å². The summed E-state index contributed by atoms with van der Waals surface area (Å²) < 4.78 is 2.52. The van der Waals surface area contributed by atoms with E-state index in [0.717, 1.165) is 19.3 Å². The van der Waals surface area contributed by atoms with Crippen LogP contribution in [0.3, 0.4) is 0 Å². The average Bonchev–Trinajstić information content (AvgIpc) is 3.99. The Bertz CT molecular complexity index is 3110. The molecule has 1 heteroatoms. The molecule has 0 fully saturated rings. The quantitative estimate of drug-likeness (QED) is 0.155. The molecule has 0 radical (unpaired) electrons. The van der Waals surface area contributed by atoms with Gasteiger partial charge in [-0.05, 0) is 132 Å². The van der Waals surface area contributed by atoms with Crippen LogP contribution in [-0.2, 0) is 18.3 Å². The van der Waals surface area contributed by atoms with E-state index >= 15 is 0 Å². The van der Waals surface area contributed by atoms with Crippen LogP contribution >= 0.6 is 0 Å². The van der Waals surface area contributed by atoms with Crippen LogP contribution in [0.25, 0.3) is 71.9 Å². The summed E-state index contributed by atoms with van der Waals surface area (Å²) in [5, 5.41) is 5.10. The molecule has 9 aromatic rings. The molecule has 1 spiro atoms. The van der Waals surface area contributed by atoms with E-state index in [4.69, 9.17) is 0 Å². The summed E-state index contributed by atoms with van der Waals surface area (Å²) in [7, 11) is 0. The SMILES string of the molecule is C1=CCC(c2ccc(-c3ccccc3)n2-c2ccc3c(-c4ccccc4)c4ccccc4c(-c4ccc5c(c4)C4(Cc6ccccc6C4)c4ccccc4-5)c3c2)C=C1. The van der Waals surface area contributed by atoms with Gasteiger partial charge in [0.2, 0.25) is 0 Å². The number of rotatable bonds is 5. The zero-order chi connectivity index (χ0) is 38.2. The molecule has 3 aliphatic carbocycles. The summed E-state index contributed by atoms with van der Waals surface area (Å²) in [5.74, 6) is 0.291. The lowest BCUT2D eigenvalue weighted by atomic mass is 9.75. The maximum atomic E-state index is 2.58. The molecule has 1 nitrogen and oxygen atoms in total. The normalized spacial score (nSPS) is 15.9. The zero-order valence-corrected chi connectivity index (χ0v) is 32.3. The average molecular weight is 740 g/mol. The Morgan fingerprint density at radius 1 is 0.448 bits per heavy atom. The van der Waals surface area contributed by atoms with Crippen LogP contribution < -0.4 is 0 Å². The van der Waals surface area contributed by atoms with Crippen LogP contribution in [0.4, 0.5) is 0 Å². The molecule has 0 N–H and O–H groups in total. The fraction of sp³-hybridized carbons (Fsp3) is 0.0877. The summed E-state index contributed by atoms with van der Waals surface area (Å²) >= 11 is 0.